The lowest BCUT2D eigenvalue weighted by Gasteiger charge is -2.08. The fourth-order valence-electron chi connectivity index (χ4n) is 1.58. The lowest BCUT2D eigenvalue weighted by atomic mass is 10.2. The van der Waals surface area contributed by atoms with Gasteiger partial charge < -0.3 is 5.73 Å². The average molecular weight is 298 g/mol. The first-order chi connectivity index (χ1) is 8.92. The highest BCUT2D eigenvalue weighted by molar-refractivity contribution is 7.93. The van der Waals surface area contributed by atoms with Crippen LogP contribution >= 0.6 is 11.3 Å². The molecule has 0 bridgehead atoms. The van der Waals surface area contributed by atoms with Crippen LogP contribution in [-0.4, -0.2) is 18.6 Å². The van der Waals surface area contributed by atoms with E-state index in [-0.39, 0.29) is 10.0 Å². The maximum Gasteiger partial charge on any atom is 0.263 e. The van der Waals surface area contributed by atoms with Gasteiger partial charge in [-0.15, -0.1) is 10.2 Å². The number of nitrogen functional groups attached to an aromatic ring is 1. The minimum Gasteiger partial charge on any atom is -0.399 e. The Hall–Kier alpha value is -1.67. The Morgan fingerprint density at radius 2 is 2.11 bits per heavy atom. The van der Waals surface area contributed by atoms with Crippen LogP contribution in [0.25, 0.3) is 0 Å². The van der Waals surface area contributed by atoms with Crippen molar-refractivity contribution in [2.75, 3.05) is 10.5 Å². The summed E-state index contributed by atoms with van der Waals surface area (Å²) in [5.74, 6) is 0. The maximum atomic E-state index is 12.2. The largest absolute Gasteiger partial charge is 0.399 e. The van der Waals surface area contributed by atoms with E-state index < -0.39 is 10.0 Å². The van der Waals surface area contributed by atoms with E-state index in [0.29, 0.717) is 11.3 Å². The summed E-state index contributed by atoms with van der Waals surface area (Å²) in [7, 11) is -3.65. The number of sulfonamides is 1. The summed E-state index contributed by atoms with van der Waals surface area (Å²) in [4.78, 5) is 0.190. The molecule has 0 saturated carbocycles. The summed E-state index contributed by atoms with van der Waals surface area (Å²) in [6.45, 7) is 3.63. The summed E-state index contributed by atoms with van der Waals surface area (Å²) in [5, 5.41) is 8.72. The van der Waals surface area contributed by atoms with Crippen LogP contribution in [0.3, 0.4) is 0 Å². The fourth-order valence-corrected chi connectivity index (χ4v) is 3.72. The van der Waals surface area contributed by atoms with Gasteiger partial charge in [0.2, 0.25) is 5.13 Å². The molecule has 2 rings (SSSR count). The number of aromatic nitrogens is 2. The third-order valence-corrected chi connectivity index (χ3v) is 5.09. The quantitative estimate of drug-likeness (QED) is 0.839. The Kier molecular flexibility index (Phi) is 3.72. The number of rotatable bonds is 4. The Bertz CT molecular complexity index is 694. The molecule has 0 aliphatic heterocycles. The number of nitrogens with one attached hydrogen (secondary N) is 1. The second kappa shape index (κ2) is 5.14. The molecule has 3 N–H and O–H groups in total. The molecule has 0 fully saturated rings. The summed E-state index contributed by atoms with van der Waals surface area (Å²) in [5.41, 5.74) is 6.73. The van der Waals surface area contributed by atoms with Gasteiger partial charge in [0, 0.05) is 5.69 Å². The number of benzene rings is 1. The number of hydrogen-bond donors (Lipinski definition) is 2. The Labute approximate surface area is 115 Å². The molecule has 0 aliphatic rings. The highest BCUT2D eigenvalue weighted by Crippen LogP contribution is 2.23. The van der Waals surface area contributed by atoms with Crippen molar-refractivity contribution in [3.63, 3.8) is 0 Å². The first-order valence-electron chi connectivity index (χ1n) is 5.63. The van der Waals surface area contributed by atoms with E-state index in [1.54, 1.807) is 19.1 Å². The van der Waals surface area contributed by atoms with Gasteiger partial charge in [-0.05, 0) is 37.1 Å². The van der Waals surface area contributed by atoms with Gasteiger partial charge in [0.25, 0.3) is 10.0 Å². The highest BCUT2D eigenvalue weighted by Gasteiger charge is 2.18. The van der Waals surface area contributed by atoms with Crippen molar-refractivity contribution in [2.45, 2.75) is 25.2 Å². The molecule has 0 atom stereocenters. The minimum atomic E-state index is -3.65. The Balaban J connectivity index is 2.32. The predicted molar refractivity (Wildman–Crippen MR) is 75.7 cm³/mol. The molecule has 1 heterocycles. The molecule has 0 unspecified atom stereocenters. The topological polar surface area (TPSA) is 98.0 Å². The molecule has 0 saturated heterocycles. The van der Waals surface area contributed by atoms with E-state index >= 15 is 0 Å². The number of aryl methyl sites for hydroxylation is 2. The molecular formula is C11H14N4O2S2. The van der Waals surface area contributed by atoms with Crippen molar-refractivity contribution in [1.29, 1.82) is 0 Å². The van der Waals surface area contributed by atoms with Crippen molar-refractivity contribution in [3.8, 4) is 0 Å². The van der Waals surface area contributed by atoms with E-state index in [9.17, 15) is 8.42 Å². The first kappa shape index (κ1) is 13.8. The van der Waals surface area contributed by atoms with Crippen LogP contribution in [0.1, 0.15) is 17.5 Å². The Morgan fingerprint density at radius 1 is 1.37 bits per heavy atom. The molecule has 2 aromatic rings. The maximum absolute atomic E-state index is 12.2. The van der Waals surface area contributed by atoms with Crippen LogP contribution in [0.5, 0.6) is 0 Å². The minimum absolute atomic E-state index is 0.190. The third kappa shape index (κ3) is 3.02. The van der Waals surface area contributed by atoms with Crippen molar-refractivity contribution >= 4 is 32.2 Å². The Morgan fingerprint density at radius 3 is 2.68 bits per heavy atom. The summed E-state index contributed by atoms with van der Waals surface area (Å²) in [6, 6.07) is 4.65. The van der Waals surface area contributed by atoms with Gasteiger partial charge in [-0.25, -0.2) is 8.42 Å². The van der Waals surface area contributed by atoms with E-state index in [4.69, 9.17) is 5.73 Å². The monoisotopic (exact) mass is 298 g/mol. The lowest BCUT2D eigenvalue weighted by molar-refractivity contribution is 0.600. The molecular weight excluding hydrogens is 284 g/mol. The van der Waals surface area contributed by atoms with Crippen LogP contribution in [0, 0.1) is 6.92 Å². The zero-order valence-electron chi connectivity index (χ0n) is 10.5. The smallest absolute Gasteiger partial charge is 0.263 e. The van der Waals surface area contributed by atoms with E-state index in [0.717, 1.165) is 11.4 Å². The van der Waals surface area contributed by atoms with E-state index in [1.165, 1.54) is 17.4 Å². The zero-order chi connectivity index (χ0) is 14.0. The molecule has 0 amide bonds. The van der Waals surface area contributed by atoms with E-state index in [2.05, 4.69) is 14.9 Å². The van der Waals surface area contributed by atoms with Crippen LogP contribution in [0.15, 0.2) is 23.1 Å². The van der Waals surface area contributed by atoms with Gasteiger partial charge >= 0.3 is 0 Å². The molecule has 19 heavy (non-hydrogen) atoms. The molecule has 1 aromatic heterocycles. The van der Waals surface area contributed by atoms with E-state index in [1.807, 2.05) is 6.92 Å². The highest BCUT2D eigenvalue weighted by atomic mass is 32.2. The molecule has 8 heteroatoms. The standard InChI is InChI=1S/C11H14N4O2S2/c1-3-10-13-14-11(18-10)15-19(16,17)9-5-4-8(12)6-7(9)2/h4-6H,3,12H2,1-2H3,(H,14,15). The second-order valence-corrected chi connectivity index (χ2v) is 6.70. The fraction of sp³-hybridized carbons (Fsp3) is 0.273. The van der Waals surface area contributed by atoms with Gasteiger partial charge in [0.05, 0.1) is 4.90 Å². The zero-order valence-corrected chi connectivity index (χ0v) is 12.2. The molecule has 1 aromatic carbocycles. The van der Waals surface area contributed by atoms with Gasteiger partial charge in [0.1, 0.15) is 5.01 Å². The average Bonchev–Trinajstić information content (AvgIpc) is 2.75. The summed E-state index contributed by atoms with van der Waals surface area (Å²) < 4.78 is 26.9. The normalized spacial score (nSPS) is 11.5. The van der Waals surface area contributed by atoms with Gasteiger partial charge in [-0.3, -0.25) is 4.72 Å². The number of nitrogens with zero attached hydrogens (tertiary/aromatic N) is 2. The van der Waals surface area contributed by atoms with Crippen molar-refractivity contribution in [3.05, 3.63) is 28.8 Å². The van der Waals surface area contributed by atoms with Crippen LogP contribution in [0.2, 0.25) is 0 Å². The third-order valence-electron chi connectivity index (χ3n) is 2.48. The summed E-state index contributed by atoms with van der Waals surface area (Å²) >= 11 is 1.23. The molecule has 0 spiro atoms. The SMILES string of the molecule is CCc1nnc(NS(=O)(=O)c2ccc(N)cc2C)s1. The van der Waals surface area contributed by atoms with Crippen LogP contribution in [-0.2, 0) is 16.4 Å². The van der Waals surface area contributed by atoms with Crippen molar-refractivity contribution in [2.24, 2.45) is 0 Å². The van der Waals surface area contributed by atoms with Gasteiger partial charge in [-0.2, -0.15) is 0 Å². The first-order valence-corrected chi connectivity index (χ1v) is 7.93. The number of hydrogen-bond acceptors (Lipinski definition) is 6. The predicted octanol–water partition coefficient (Wildman–Crippen LogP) is 1.79. The number of nitrogens with two attached hydrogens (primary N) is 1. The van der Waals surface area contributed by atoms with Crippen LogP contribution < -0.4 is 10.5 Å². The molecule has 6 nitrogen and oxygen atoms in total. The van der Waals surface area contributed by atoms with Gasteiger partial charge in [-0.1, -0.05) is 18.3 Å². The van der Waals surface area contributed by atoms with Gasteiger partial charge in [0.15, 0.2) is 0 Å². The second-order valence-electron chi connectivity index (χ2n) is 3.98. The summed E-state index contributed by atoms with van der Waals surface area (Å²) in [6.07, 6.45) is 0.723. The van der Waals surface area contributed by atoms with Crippen molar-refractivity contribution in [1.82, 2.24) is 10.2 Å². The molecule has 0 aliphatic carbocycles. The molecule has 102 valence electrons. The lowest BCUT2D eigenvalue weighted by Crippen LogP contribution is -2.14. The number of anilines is 2. The van der Waals surface area contributed by atoms with Crippen LogP contribution in [0.4, 0.5) is 10.8 Å². The van der Waals surface area contributed by atoms with Crippen molar-refractivity contribution < 1.29 is 8.42 Å². The molecule has 0 radical (unpaired) electrons.